The predicted molar refractivity (Wildman–Crippen MR) is 151 cm³/mol. The van der Waals surface area contributed by atoms with E-state index >= 15 is 0 Å². The highest BCUT2D eigenvalue weighted by atomic mass is 32.2. The molecule has 6 atom stereocenters. The van der Waals surface area contributed by atoms with Gasteiger partial charge < -0.3 is 19.6 Å². The predicted octanol–water partition coefficient (Wildman–Crippen LogP) is 3.98. The zero-order valence-corrected chi connectivity index (χ0v) is 23.3. The van der Waals surface area contributed by atoms with Crippen molar-refractivity contribution in [1.82, 2.24) is 9.80 Å². The number of thioether (sulfide) groups is 1. The number of aliphatic hydroxyl groups excluding tert-OH is 1. The maximum absolute atomic E-state index is 14.7. The van der Waals surface area contributed by atoms with Gasteiger partial charge in [0.05, 0.1) is 35.8 Å². The van der Waals surface area contributed by atoms with Crippen LogP contribution in [0.2, 0.25) is 0 Å². The molecule has 3 heterocycles. The molecule has 3 aliphatic rings. The maximum atomic E-state index is 14.7. The van der Waals surface area contributed by atoms with Gasteiger partial charge in [-0.1, -0.05) is 66.7 Å². The van der Waals surface area contributed by atoms with Crippen LogP contribution in [0.4, 0.5) is 0 Å². The second-order valence-corrected chi connectivity index (χ2v) is 12.7. The van der Waals surface area contributed by atoms with Crippen molar-refractivity contribution in [3.8, 4) is 0 Å². The van der Waals surface area contributed by atoms with Crippen molar-refractivity contribution in [3.05, 3.63) is 84.4 Å². The lowest BCUT2D eigenvalue weighted by atomic mass is 9.66. The Hall–Kier alpha value is -3.10. The Labute approximate surface area is 234 Å². The van der Waals surface area contributed by atoms with E-state index < -0.39 is 33.4 Å². The van der Waals surface area contributed by atoms with Crippen molar-refractivity contribution < 1.29 is 24.2 Å². The van der Waals surface area contributed by atoms with Gasteiger partial charge in [-0.05, 0) is 37.8 Å². The summed E-state index contributed by atoms with van der Waals surface area (Å²) in [6, 6.07) is 17.5. The van der Waals surface area contributed by atoms with E-state index in [1.807, 2.05) is 67.6 Å². The van der Waals surface area contributed by atoms with Crippen LogP contribution in [0, 0.1) is 11.8 Å². The van der Waals surface area contributed by atoms with Gasteiger partial charge in [0, 0.05) is 17.8 Å². The first kappa shape index (κ1) is 27.5. The fourth-order valence-corrected chi connectivity index (χ4v) is 9.29. The van der Waals surface area contributed by atoms with E-state index in [1.54, 1.807) is 34.6 Å². The molecule has 206 valence electrons. The zero-order chi connectivity index (χ0) is 27.8. The molecule has 3 fully saturated rings. The van der Waals surface area contributed by atoms with Crippen LogP contribution in [0.1, 0.15) is 43.9 Å². The number of likely N-dealkylation sites (tertiary alicyclic amines) is 1. The van der Waals surface area contributed by atoms with Gasteiger partial charge in [0.25, 0.3) is 0 Å². The van der Waals surface area contributed by atoms with Crippen LogP contribution in [-0.2, 0) is 25.7 Å². The summed E-state index contributed by atoms with van der Waals surface area (Å²) in [7, 11) is 0. The van der Waals surface area contributed by atoms with Crippen LogP contribution in [0.15, 0.2) is 73.3 Å². The van der Waals surface area contributed by atoms with Crippen LogP contribution < -0.4 is 0 Å². The Bertz CT molecular complexity index is 1240. The van der Waals surface area contributed by atoms with Crippen LogP contribution >= 0.6 is 11.8 Å². The number of esters is 1. The smallest absolute Gasteiger partial charge is 0.311 e. The number of hydrogen-bond donors (Lipinski definition) is 1. The lowest BCUT2D eigenvalue weighted by molar-refractivity contribution is -0.155. The fraction of sp³-hybridized carbons (Fsp3) is 0.452. The topological polar surface area (TPSA) is 87.2 Å². The van der Waals surface area contributed by atoms with E-state index in [-0.39, 0.29) is 31.0 Å². The third kappa shape index (κ3) is 4.47. The largest absolute Gasteiger partial charge is 0.466 e. The Morgan fingerprint density at radius 3 is 2.46 bits per heavy atom. The fourth-order valence-electron chi connectivity index (χ4n) is 6.96. The summed E-state index contributed by atoms with van der Waals surface area (Å²) in [4.78, 5) is 45.8. The summed E-state index contributed by atoms with van der Waals surface area (Å²) in [5.41, 5.74) is 1.72. The van der Waals surface area contributed by atoms with Gasteiger partial charge >= 0.3 is 5.97 Å². The summed E-state index contributed by atoms with van der Waals surface area (Å²) in [6.45, 7) is 8.23. The van der Waals surface area contributed by atoms with E-state index in [0.29, 0.717) is 25.9 Å². The number of fused-ring (bicyclic) bond motifs is 1. The van der Waals surface area contributed by atoms with Crippen molar-refractivity contribution in [2.75, 3.05) is 19.8 Å². The Morgan fingerprint density at radius 1 is 1.18 bits per heavy atom. The van der Waals surface area contributed by atoms with Crippen LogP contribution in [0.5, 0.6) is 0 Å². The molecule has 0 aromatic heterocycles. The third-order valence-corrected chi connectivity index (χ3v) is 10.5. The number of aliphatic hydroxyl groups is 1. The number of rotatable bonds is 10. The van der Waals surface area contributed by atoms with Gasteiger partial charge in [-0.2, -0.15) is 0 Å². The molecule has 8 heteroatoms. The summed E-state index contributed by atoms with van der Waals surface area (Å²) < 4.78 is 4.19. The van der Waals surface area contributed by atoms with Gasteiger partial charge in [0.1, 0.15) is 6.04 Å². The SMILES string of the molecule is C=CCN(Cc1ccccc1)C(=O)C1N([C@H](CO)c2ccccc2)C(=O)[C@@H]2[C@@H](C(=O)OCC)[C@@]3(C)CCC12S3. The van der Waals surface area contributed by atoms with Crippen LogP contribution in [0.25, 0.3) is 0 Å². The molecular weight excluding hydrogens is 512 g/mol. The molecule has 2 aromatic rings. The molecule has 39 heavy (non-hydrogen) atoms. The molecule has 2 amide bonds. The molecule has 2 bridgehead atoms. The first-order chi connectivity index (χ1) is 18.8. The average molecular weight is 549 g/mol. The average Bonchev–Trinajstić information content (AvgIpc) is 3.51. The van der Waals surface area contributed by atoms with E-state index in [1.165, 1.54) is 0 Å². The van der Waals surface area contributed by atoms with E-state index in [9.17, 15) is 19.5 Å². The van der Waals surface area contributed by atoms with E-state index in [2.05, 4.69) is 6.58 Å². The summed E-state index contributed by atoms with van der Waals surface area (Å²) in [5.74, 6) is -2.18. The van der Waals surface area contributed by atoms with Gasteiger partial charge in [0.15, 0.2) is 0 Å². The van der Waals surface area contributed by atoms with E-state index in [0.717, 1.165) is 11.1 Å². The number of ether oxygens (including phenoxy) is 1. The molecular formula is C31H36N2O5S. The van der Waals surface area contributed by atoms with Crippen molar-refractivity contribution in [2.45, 2.75) is 54.8 Å². The van der Waals surface area contributed by atoms with Crippen molar-refractivity contribution in [2.24, 2.45) is 11.8 Å². The highest BCUT2D eigenvalue weighted by Gasteiger charge is 2.78. The lowest BCUT2D eigenvalue weighted by Gasteiger charge is -2.39. The standard InChI is InChI=1S/C31H36N2O5S/c1-4-18-32(19-21-12-8-6-9-13-21)28(36)26-31-17-16-30(3,39-31)25(29(37)38-5-2)24(31)27(35)33(26)23(20-34)22-14-10-7-11-15-22/h4,6-15,23-26,34H,1,5,16-20H2,2-3H3/t23-,24+,25+,26?,30-,31?/m1/s1. The first-order valence-corrected chi connectivity index (χ1v) is 14.4. The quantitative estimate of drug-likeness (QED) is 0.357. The van der Waals surface area contributed by atoms with Gasteiger partial charge in [-0.15, -0.1) is 18.3 Å². The molecule has 0 aliphatic carbocycles. The Balaban J connectivity index is 1.62. The highest BCUT2D eigenvalue weighted by Crippen LogP contribution is 2.72. The normalized spacial score (nSPS) is 29.7. The number of hydrogen-bond acceptors (Lipinski definition) is 6. The van der Waals surface area contributed by atoms with Crippen LogP contribution in [0.3, 0.4) is 0 Å². The molecule has 5 rings (SSSR count). The summed E-state index contributed by atoms with van der Waals surface area (Å²) in [6.07, 6.45) is 3.03. The first-order valence-electron chi connectivity index (χ1n) is 13.6. The second-order valence-electron chi connectivity index (χ2n) is 10.8. The maximum Gasteiger partial charge on any atom is 0.311 e. The third-order valence-electron chi connectivity index (χ3n) is 8.56. The Kier molecular flexibility index (Phi) is 7.62. The molecule has 3 aliphatic heterocycles. The number of benzene rings is 2. The zero-order valence-electron chi connectivity index (χ0n) is 22.5. The number of carbonyl (C=O) groups excluding carboxylic acids is 3. The molecule has 1 N–H and O–H groups in total. The molecule has 2 unspecified atom stereocenters. The summed E-state index contributed by atoms with van der Waals surface area (Å²) in [5, 5.41) is 10.6. The molecule has 3 saturated heterocycles. The van der Waals surface area contributed by atoms with Gasteiger partial charge in [0.2, 0.25) is 11.8 Å². The van der Waals surface area contributed by atoms with Gasteiger partial charge in [-0.25, -0.2) is 0 Å². The molecule has 7 nitrogen and oxygen atoms in total. The van der Waals surface area contributed by atoms with Crippen molar-refractivity contribution in [1.29, 1.82) is 0 Å². The molecule has 2 aromatic carbocycles. The Morgan fingerprint density at radius 2 is 1.85 bits per heavy atom. The minimum atomic E-state index is -0.845. The monoisotopic (exact) mass is 548 g/mol. The number of nitrogens with zero attached hydrogens (tertiary/aromatic N) is 2. The van der Waals surface area contributed by atoms with E-state index in [4.69, 9.17) is 4.74 Å². The minimum absolute atomic E-state index is 0.190. The van der Waals surface area contributed by atoms with Crippen molar-refractivity contribution in [3.63, 3.8) is 0 Å². The summed E-state index contributed by atoms with van der Waals surface area (Å²) >= 11 is 1.60. The van der Waals surface area contributed by atoms with Crippen LogP contribution in [-0.4, -0.2) is 68.0 Å². The lowest BCUT2D eigenvalue weighted by Crippen LogP contribution is -2.55. The highest BCUT2D eigenvalue weighted by molar-refractivity contribution is 8.02. The van der Waals surface area contributed by atoms with Gasteiger partial charge in [-0.3, -0.25) is 14.4 Å². The number of carbonyl (C=O) groups is 3. The molecule has 0 saturated carbocycles. The van der Waals surface area contributed by atoms with Crippen molar-refractivity contribution >= 4 is 29.5 Å². The number of amides is 2. The molecule has 0 radical (unpaired) electrons. The molecule has 1 spiro atoms. The second kappa shape index (κ2) is 10.8. The minimum Gasteiger partial charge on any atom is -0.466 e.